The summed E-state index contributed by atoms with van der Waals surface area (Å²) in [7, 11) is 0. The highest BCUT2D eigenvalue weighted by atomic mass is 79.9. The molecule has 2 aromatic rings. The van der Waals surface area contributed by atoms with E-state index in [4.69, 9.17) is 4.74 Å². The summed E-state index contributed by atoms with van der Waals surface area (Å²) in [4.78, 5) is 4.26. The van der Waals surface area contributed by atoms with E-state index in [9.17, 15) is 0 Å². The second kappa shape index (κ2) is 5.33. The zero-order valence-corrected chi connectivity index (χ0v) is 13.3. The van der Waals surface area contributed by atoms with Gasteiger partial charge in [-0.3, -0.25) is 0 Å². The molecular weight excluding hydrogens is 302 g/mol. The lowest BCUT2D eigenvalue weighted by Gasteiger charge is -2.19. The van der Waals surface area contributed by atoms with Crippen molar-refractivity contribution in [1.82, 2.24) is 4.98 Å². The smallest absolute Gasteiger partial charge is 0.233 e. The number of nitrogens with zero attached hydrogens (tertiary/aromatic N) is 1. The third-order valence-corrected chi connectivity index (χ3v) is 3.93. The van der Waals surface area contributed by atoms with Gasteiger partial charge in [0.15, 0.2) is 0 Å². The van der Waals surface area contributed by atoms with Crippen LogP contribution < -0.4 is 4.74 Å². The van der Waals surface area contributed by atoms with Crippen LogP contribution in [0.5, 0.6) is 11.6 Å². The number of halogens is 1. The van der Waals surface area contributed by atoms with Gasteiger partial charge in [0, 0.05) is 6.20 Å². The molecule has 0 N–H and O–H groups in total. The summed E-state index contributed by atoms with van der Waals surface area (Å²) in [5.41, 5.74) is 2.46. The molecule has 1 heterocycles. The van der Waals surface area contributed by atoms with Gasteiger partial charge in [0.25, 0.3) is 0 Å². The lowest BCUT2D eigenvalue weighted by atomic mass is 9.87. The topological polar surface area (TPSA) is 22.1 Å². The summed E-state index contributed by atoms with van der Waals surface area (Å²) in [6.07, 6.45) is 1.75. The Morgan fingerprint density at radius 2 is 1.89 bits per heavy atom. The Labute approximate surface area is 123 Å². The Hall–Kier alpha value is -1.35. The Kier molecular flexibility index (Phi) is 3.95. The number of aryl methyl sites for hydroxylation is 1. The lowest BCUT2D eigenvalue weighted by molar-refractivity contribution is 0.456. The second-order valence-electron chi connectivity index (χ2n) is 5.63. The molecule has 100 valence electrons. The van der Waals surface area contributed by atoms with E-state index in [0.717, 1.165) is 15.8 Å². The lowest BCUT2D eigenvalue weighted by Crippen LogP contribution is -2.10. The predicted octanol–water partition coefficient (Wildman–Crippen LogP) is 5.24. The minimum absolute atomic E-state index is 0.108. The third kappa shape index (κ3) is 3.35. The Bertz CT molecular complexity index is 588. The van der Waals surface area contributed by atoms with E-state index < -0.39 is 0 Å². The molecule has 1 aromatic carbocycles. The first kappa shape index (κ1) is 14.1. The van der Waals surface area contributed by atoms with Crippen LogP contribution in [0, 0.1) is 6.92 Å². The highest BCUT2D eigenvalue weighted by Crippen LogP contribution is 2.32. The molecular formula is C16H18BrNO. The Morgan fingerprint density at radius 1 is 1.16 bits per heavy atom. The van der Waals surface area contributed by atoms with Crippen LogP contribution in [0.15, 0.2) is 41.0 Å². The highest BCUT2D eigenvalue weighted by molar-refractivity contribution is 9.10. The average molecular weight is 320 g/mol. The molecule has 0 radical (unpaired) electrons. The van der Waals surface area contributed by atoms with Crippen molar-refractivity contribution in [3.05, 3.63) is 52.1 Å². The number of benzene rings is 1. The molecule has 1 aromatic heterocycles. The van der Waals surface area contributed by atoms with Gasteiger partial charge >= 0.3 is 0 Å². The first-order chi connectivity index (χ1) is 8.88. The largest absolute Gasteiger partial charge is 0.438 e. The fourth-order valence-corrected chi connectivity index (χ4v) is 2.04. The quantitative estimate of drug-likeness (QED) is 0.754. The molecule has 19 heavy (non-hydrogen) atoms. The molecule has 0 amide bonds. The number of rotatable bonds is 2. The number of hydrogen-bond acceptors (Lipinski definition) is 2. The molecule has 0 bridgehead atoms. The normalized spacial score (nSPS) is 11.4. The van der Waals surface area contributed by atoms with Gasteiger partial charge in [0.05, 0.1) is 4.47 Å². The van der Waals surface area contributed by atoms with Crippen LogP contribution in [-0.4, -0.2) is 4.98 Å². The van der Waals surface area contributed by atoms with Crippen LogP contribution in [0.1, 0.15) is 31.9 Å². The molecule has 0 spiro atoms. The molecule has 3 heteroatoms. The van der Waals surface area contributed by atoms with E-state index in [1.165, 1.54) is 5.56 Å². The monoisotopic (exact) mass is 319 g/mol. The molecule has 0 saturated heterocycles. The second-order valence-corrected chi connectivity index (χ2v) is 6.42. The zero-order valence-electron chi connectivity index (χ0n) is 11.7. The van der Waals surface area contributed by atoms with Crippen LogP contribution >= 0.6 is 15.9 Å². The van der Waals surface area contributed by atoms with Gasteiger partial charge in [-0.25, -0.2) is 4.98 Å². The minimum atomic E-state index is 0.108. The summed E-state index contributed by atoms with van der Waals surface area (Å²) in [5.74, 6) is 1.41. The molecule has 2 rings (SSSR count). The standard InChI is InChI=1S/C16H18BrNO/c1-11-8-9-18-15(14(11)17)19-13-7-5-6-12(10-13)16(2,3)4/h5-10H,1-4H3. The molecule has 0 atom stereocenters. The maximum atomic E-state index is 5.87. The molecule has 0 unspecified atom stereocenters. The summed E-state index contributed by atoms with van der Waals surface area (Å²) >= 11 is 3.51. The van der Waals surface area contributed by atoms with Gasteiger partial charge in [-0.05, 0) is 57.6 Å². The molecule has 2 nitrogen and oxygen atoms in total. The molecule has 0 saturated carbocycles. The van der Waals surface area contributed by atoms with Crippen molar-refractivity contribution in [3.8, 4) is 11.6 Å². The van der Waals surface area contributed by atoms with Crippen molar-refractivity contribution in [2.45, 2.75) is 33.1 Å². The summed E-state index contributed by atoms with van der Waals surface area (Å²) in [5, 5.41) is 0. The van der Waals surface area contributed by atoms with E-state index in [-0.39, 0.29) is 5.41 Å². The van der Waals surface area contributed by atoms with Crippen molar-refractivity contribution in [2.75, 3.05) is 0 Å². The zero-order chi connectivity index (χ0) is 14.0. The van der Waals surface area contributed by atoms with Gasteiger partial charge in [-0.15, -0.1) is 0 Å². The van der Waals surface area contributed by atoms with E-state index in [1.54, 1.807) is 6.20 Å². The number of ether oxygens (including phenoxy) is 1. The van der Waals surface area contributed by atoms with Gasteiger partial charge < -0.3 is 4.74 Å². The number of pyridine rings is 1. The Balaban J connectivity index is 2.31. The molecule has 0 aliphatic rings. The fraction of sp³-hybridized carbons (Fsp3) is 0.312. The van der Waals surface area contributed by atoms with Crippen molar-refractivity contribution < 1.29 is 4.74 Å². The first-order valence-corrected chi connectivity index (χ1v) is 7.07. The van der Waals surface area contributed by atoms with Gasteiger partial charge in [-0.1, -0.05) is 32.9 Å². The van der Waals surface area contributed by atoms with Crippen molar-refractivity contribution in [1.29, 1.82) is 0 Å². The van der Waals surface area contributed by atoms with E-state index in [1.807, 2.05) is 25.1 Å². The van der Waals surface area contributed by atoms with E-state index in [0.29, 0.717) is 5.88 Å². The maximum absolute atomic E-state index is 5.87. The summed E-state index contributed by atoms with van der Waals surface area (Å²) in [6, 6.07) is 10.1. The van der Waals surface area contributed by atoms with Crippen LogP contribution in [0.25, 0.3) is 0 Å². The van der Waals surface area contributed by atoms with Crippen molar-refractivity contribution in [2.24, 2.45) is 0 Å². The molecule has 0 aliphatic heterocycles. The summed E-state index contributed by atoms with van der Waals surface area (Å²) in [6.45, 7) is 8.58. The SMILES string of the molecule is Cc1ccnc(Oc2cccc(C(C)(C)C)c2)c1Br. The minimum Gasteiger partial charge on any atom is -0.438 e. The van der Waals surface area contributed by atoms with E-state index in [2.05, 4.69) is 53.8 Å². The van der Waals surface area contributed by atoms with Crippen LogP contribution in [0.4, 0.5) is 0 Å². The molecule has 0 fully saturated rings. The predicted molar refractivity (Wildman–Crippen MR) is 81.9 cm³/mol. The van der Waals surface area contributed by atoms with Crippen LogP contribution in [0.3, 0.4) is 0 Å². The van der Waals surface area contributed by atoms with Crippen LogP contribution in [0.2, 0.25) is 0 Å². The average Bonchev–Trinajstić information content (AvgIpc) is 2.34. The molecule has 0 aliphatic carbocycles. The number of aromatic nitrogens is 1. The van der Waals surface area contributed by atoms with E-state index >= 15 is 0 Å². The van der Waals surface area contributed by atoms with Crippen molar-refractivity contribution >= 4 is 15.9 Å². The highest BCUT2D eigenvalue weighted by Gasteiger charge is 2.14. The first-order valence-electron chi connectivity index (χ1n) is 6.27. The van der Waals surface area contributed by atoms with Gasteiger partial charge in [0.1, 0.15) is 5.75 Å². The third-order valence-electron chi connectivity index (χ3n) is 2.96. The fourth-order valence-electron chi connectivity index (χ4n) is 1.72. The van der Waals surface area contributed by atoms with Crippen molar-refractivity contribution in [3.63, 3.8) is 0 Å². The number of hydrogen-bond donors (Lipinski definition) is 0. The van der Waals surface area contributed by atoms with Crippen LogP contribution in [-0.2, 0) is 5.41 Å². The van der Waals surface area contributed by atoms with Gasteiger partial charge in [-0.2, -0.15) is 0 Å². The Morgan fingerprint density at radius 3 is 2.58 bits per heavy atom. The summed E-state index contributed by atoms with van der Waals surface area (Å²) < 4.78 is 6.77. The van der Waals surface area contributed by atoms with Gasteiger partial charge in [0.2, 0.25) is 5.88 Å². The maximum Gasteiger partial charge on any atom is 0.233 e.